The molecule has 2 N–H and O–H groups in total. The maximum atomic E-state index is 12.2. The smallest absolute Gasteiger partial charge is 0.271 e. The first-order chi connectivity index (χ1) is 13.9. The van der Waals surface area contributed by atoms with Gasteiger partial charge in [0.15, 0.2) is 5.65 Å². The molecule has 0 atom stereocenters. The number of aromatic amines is 1. The number of benzene rings is 2. The van der Waals surface area contributed by atoms with E-state index in [4.69, 9.17) is 0 Å². The Morgan fingerprint density at radius 2 is 2.07 bits per heavy atom. The number of amides is 1. The quantitative estimate of drug-likeness (QED) is 0.215. The molecule has 146 valence electrons. The van der Waals surface area contributed by atoms with Crippen LogP contribution in [-0.2, 0) is 4.79 Å². The van der Waals surface area contributed by atoms with Crippen molar-refractivity contribution in [1.29, 1.82) is 0 Å². The van der Waals surface area contributed by atoms with Crippen LogP contribution in [0, 0.1) is 10.1 Å². The van der Waals surface area contributed by atoms with Crippen molar-refractivity contribution in [3.8, 4) is 0 Å². The van der Waals surface area contributed by atoms with Gasteiger partial charge >= 0.3 is 0 Å². The lowest BCUT2D eigenvalue weighted by molar-refractivity contribution is -0.384. The zero-order valence-corrected chi connectivity index (χ0v) is 18.3. The number of non-ortho nitro benzene ring substituents is 1. The average Bonchev–Trinajstić information content (AvgIpc) is 3.05. The van der Waals surface area contributed by atoms with Gasteiger partial charge in [0.2, 0.25) is 11.1 Å². The fraction of sp³-hybridized carbons (Fsp3) is 0.0588. The molecule has 9 nitrogen and oxygen atoms in total. The topological polar surface area (TPSA) is 127 Å². The lowest BCUT2D eigenvalue weighted by atomic mass is 10.2. The predicted molar refractivity (Wildman–Crippen MR) is 117 cm³/mol. The Hall–Kier alpha value is -2.57. The van der Waals surface area contributed by atoms with E-state index in [-0.39, 0.29) is 17.3 Å². The highest BCUT2D eigenvalue weighted by atomic mass is 79.9. The molecule has 2 heterocycles. The number of nitrogens with zero attached hydrogens (tertiary/aromatic N) is 4. The highest BCUT2D eigenvalue weighted by Crippen LogP contribution is 2.32. The van der Waals surface area contributed by atoms with E-state index < -0.39 is 4.92 Å². The van der Waals surface area contributed by atoms with Gasteiger partial charge in [0.1, 0.15) is 5.52 Å². The van der Waals surface area contributed by atoms with Crippen LogP contribution in [0.3, 0.4) is 0 Å². The van der Waals surface area contributed by atoms with E-state index in [0.29, 0.717) is 22.0 Å². The second-order valence-corrected chi connectivity index (χ2v) is 8.58. The minimum atomic E-state index is -0.517. The van der Waals surface area contributed by atoms with E-state index in [0.717, 1.165) is 31.6 Å². The van der Waals surface area contributed by atoms with Gasteiger partial charge in [-0.2, -0.15) is 0 Å². The molecular weight excluding hydrogens is 528 g/mol. The SMILES string of the molecule is O=C(CSc1nnc2c(n1)[nH]c1c(Br)cc(Br)cc12)Nc1cccc([N+](=O)[O-])c1. The van der Waals surface area contributed by atoms with Gasteiger partial charge in [-0.3, -0.25) is 14.9 Å². The van der Waals surface area contributed by atoms with Crippen molar-refractivity contribution in [2.75, 3.05) is 11.1 Å². The van der Waals surface area contributed by atoms with Crippen LogP contribution in [0.1, 0.15) is 0 Å². The standard InChI is InChI=1S/C17H10Br2N6O3S/c18-8-4-11-14(12(19)5-8)21-16-15(11)23-24-17(22-16)29-7-13(26)20-9-2-1-3-10(6-9)25(27)28/h1-6H,7H2,(H,20,26)(H,21,22,24). The number of H-pyrrole nitrogens is 1. The molecule has 0 saturated heterocycles. The van der Waals surface area contributed by atoms with Crippen molar-refractivity contribution in [2.24, 2.45) is 0 Å². The zero-order valence-electron chi connectivity index (χ0n) is 14.3. The van der Waals surface area contributed by atoms with Crippen LogP contribution in [0.25, 0.3) is 22.1 Å². The fourth-order valence-corrected chi connectivity index (χ4v) is 4.58. The number of aromatic nitrogens is 4. The van der Waals surface area contributed by atoms with Crippen LogP contribution in [0.2, 0.25) is 0 Å². The molecule has 2 aromatic heterocycles. The number of hydrogen-bond acceptors (Lipinski definition) is 7. The highest BCUT2D eigenvalue weighted by molar-refractivity contribution is 9.11. The summed E-state index contributed by atoms with van der Waals surface area (Å²) in [4.78, 5) is 30.1. The molecule has 12 heteroatoms. The number of carbonyl (C=O) groups excluding carboxylic acids is 1. The number of nitro groups is 1. The Labute approximate surface area is 184 Å². The number of nitrogens with one attached hydrogen (secondary N) is 2. The van der Waals surface area contributed by atoms with Crippen molar-refractivity contribution < 1.29 is 9.72 Å². The number of thioether (sulfide) groups is 1. The normalized spacial score (nSPS) is 11.1. The molecule has 1 amide bonds. The summed E-state index contributed by atoms with van der Waals surface area (Å²) >= 11 is 8.07. The van der Waals surface area contributed by atoms with Gasteiger partial charge in [-0.25, -0.2) is 4.98 Å². The molecule has 0 bridgehead atoms. The third-order valence-corrected chi connectivity index (χ3v) is 5.81. The first-order valence-corrected chi connectivity index (χ1v) is 10.7. The molecule has 29 heavy (non-hydrogen) atoms. The summed E-state index contributed by atoms with van der Waals surface area (Å²) in [5, 5.41) is 23.0. The fourth-order valence-electron chi connectivity index (χ4n) is 2.67. The minimum Gasteiger partial charge on any atom is -0.337 e. The second kappa shape index (κ2) is 8.05. The lowest BCUT2D eigenvalue weighted by Crippen LogP contribution is -2.14. The summed E-state index contributed by atoms with van der Waals surface area (Å²) in [7, 11) is 0. The van der Waals surface area contributed by atoms with E-state index in [2.05, 4.69) is 57.3 Å². The summed E-state index contributed by atoms with van der Waals surface area (Å²) in [6.07, 6.45) is 0. The van der Waals surface area contributed by atoms with E-state index in [1.165, 1.54) is 18.2 Å². The number of hydrogen-bond donors (Lipinski definition) is 2. The van der Waals surface area contributed by atoms with Crippen molar-refractivity contribution in [3.63, 3.8) is 0 Å². The second-order valence-electron chi connectivity index (χ2n) is 5.87. The molecule has 0 spiro atoms. The zero-order chi connectivity index (χ0) is 20.5. The summed E-state index contributed by atoms with van der Waals surface area (Å²) in [6, 6.07) is 9.59. The van der Waals surface area contributed by atoms with Crippen LogP contribution in [0.15, 0.2) is 50.5 Å². The van der Waals surface area contributed by atoms with Crippen LogP contribution >= 0.6 is 43.6 Å². The summed E-state index contributed by atoms with van der Waals surface area (Å²) < 4.78 is 1.77. The number of fused-ring (bicyclic) bond motifs is 3. The first-order valence-electron chi connectivity index (χ1n) is 8.09. The van der Waals surface area contributed by atoms with Gasteiger partial charge < -0.3 is 10.3 Å². The number of anilines is 1. The Bertz CT molecular complexity index is 1280. The van der Waals surface area contributed by atoms with E-state index >= 15 is 0 Å². The first kappa shape index (κ1) is 19.7. The molecule has 4 rings (SSSR count). The Morgan fingerprint density at radius 1 is 1.24 bits per heavy atom. The maximum absolute atomic E-state index is 12.2. The number of rotatable bonds is 5. The number of carbonyl (C=O) groups is 1. The molecule has 0 fully saturated rings. The summed E-state index contributed by atoms with van der Waals surface area (Å²) in [5.74, 6) is -0.298. The average molecular weight is 538 g/mol. The van der Waals surface area contributed by atoms with Crippen molar-refractivity contribution in [2.45, 2.75) is 5.16 Å². The highest BCUT2D eigenvalue weighted by Gasteiger charge is 2.14. The largest absolute Gasteiger partial charge is 0.337 e. The van der Waals surface area contributed by atoms with Crippen LogP contribution in [-0.4, -0.2) is 36.7 Å². The van der Waals surface area contributed by atoms with Gasteiger partial charge in [0.25, 0.3) is 5.69 Å². The van der Waals surface area contributed by atoms with Crippen molar-refractivity contribution in [1.82, 2.24) is 20.2 Å². The Kier molecular flexibility index (Phi) is 5.48. The third kappa shape index (κ3) is 4.23. The summed E-state index contributed by atoms with van der Waals surface area (Å²) in [5.41, 5.74) is 2.31. The van der Waals surface area contributed by atoms with Gasteiger partial charge in [-0.15, -0.1) is 10.2 Å². The predicted octanol–water partition coefficient (Wildman–Crippen LogP) is 4.67. The molecule has 0 aliphatic carbocycles. The molecule has 0 unspecified atom stereocenters. The Morgan fingerprint density at radius 3 is 2.86 bits per heavy atom. The molecule has 0 saturated carbocycles. The van der Waals surface area contributed by atoms with Crippen LogP contribution in [0.4, 0.5) is 11.4 Å². The minimum absolute atomic E-state index is 0.0331. The van der Waals surface area contributed by atoms with Gasteiger partial charge in [0, 0.05) is 32.2 Å². The van der Waals surface area contributed by atoms with Gasteiger partial charge in [0.05, 0.1) is 16.2 Å². The third-order valence-electron chi connectivity index (χ3n) is 3.89. The molecule has 0 aliphatic rings. The number of halogens is 2. The maximum Gasteiger partial charge on any atom is 0.271 e. The monoisotopic (exact) mass is 536 g/mol. The van der Waals surface area contributed by atoms with Gasteiger partial charge in [-0.1, -0.05) is 33.8 Å². The molecule has 4 aromatic rings. The molecule has 0 radical (unpaired) electrons. The summed E-state index contributed by atoms with van der Waals surface area (Å²) in [6.45, 7) is 0. The van der Waals surface area contributed by atoms with Gasteiger partial charge in [-0.05, 0) is 34.1 Å². The van der Waals surface area contributed by atoms with Crippen molar-refractivity contribution >= 4 is 83.0 Å². The number of nitro benzene ring substituents is 1. The molecule has 2 aromatic carbocycles. The van der Waals surface area contributed by atoms with Crippen molar-refractivity contribution in [3.05, 3.63) is 55.5 Å². The van der Waals surface area contributed by atoms with E-state index in [9.17, 15) is 14.9 Å². The van der Waals surface area contributed by atoms with E-state index in [1.807, 2.05) is 12.1 Å². The molecular formula is C17H10Br2N6O3S. The Balaban J connectivity index is 1.49. The molecule has 0 aliphatic heterocycles. The lowest BCUT2D eigenvalue weighted by Gasteiger charge is -2.04. The van der Waals surface area contributed by atoms with E-state index in [1.54, 1.807) is 6.07 Å². The van der Waals surface area contributed by atoms with Crippen LogP contribution in [0.5, 0.6) is 0 Å². The van der Waals surface area contributed by atoms with Crippen LogP contribution < -0.4 is 5.32 Å².